The van der Waals surface area contributed by atoms with Crippen LogP contribution in [0.25, 0.3) is 0 Å². The van der Waals surface area contributed by atoms with Gasteiger partial charge < -0.3 is 15.0 Å². The van der Waals surface area contributed by atoms with Gasteiger partial charge in [0.05, 0.1) is 13.2 Å². The van der Waals surface area contributed by atoms with E-state index in [9.17, 15) is 4.39 Å². The molecule has 0 aliphatic carbocycles. The number of rotatable bonds is 8. The van der Waals surface area contributed by atoms with Gasteiger partial charge in [0.25, 0.3) is 0 Å². The van der Waals surface area contributed by atoms with Crippen LogP contribution in [0.15, 0.2) is 24.3 Å². The minimum Gasteiger partial charge on any atom is -0.379 e. The number of hydrogen-bond acceptors (Lipinski definition) is 3. The average molecular weight is 368 g/mol. The lowest BCUT2D eigenvalue weighted by Crippen LogP contribution is -2.44. The van der Waals surface area contributed by atoms with E-state index in [0.29, 0.717) is 12.6 Å². The van der Waals surface area contributed by atoms with E-state index in [2.05, 4.69) is 29.0 Å². The van der Waals surface area contributed by atoms with Crippen LogP contribution in [0.3, 0.4) is 0 Å². The maximum atomic E-state index is 13.5. The summed E-state index contributed by atoms with van der Waals surface area (Å²) in [5.74, 6) is -0.202. The molecule has 1 aliphatic rings. The molecule has 1 N–H and O–H groups in total. The first-order valence-corrected chi connectivity index (χ1v) is 9.59. The molecular formula is C19H30FN3OS. The van der Waals surface area contributed by atoms with Crippen molar-refractivity contribution in [2.24, 2.45) is 0 Å². The summed E-state index contributed by atoms with van der Waals surface area (Å²) in [5.41, 5.74) is 0.944. The standard InChI is InChI=1S/C19H30FN3OS/c1-3-16(2)21-19(25)23(15-17-6-4-7-18(20)14-17)9-5-8-22-10-12-24-13-11-22/h4,6-7,14,16H,3,5,8-13,15H2,1-2H3,(H,21,25)/t16-/m1/s1. The van der Waals surface area contributed by atoms with Crippen LogP contribution in [-0.2, 0) is 11.3 Å². The number of ether oxygens (including phenoxy) is 1. The second kappa shape index (κ2) is 10.7. The third kappa shape index (κ3) is 7.26. The van der Waals surface area contributed by atoms with Crippen LogP contribution in [0.1, 0.15) is 32.3 Å². The van der Waals surface area contributed by atoms with Crippen LogP contribution in [0, 0.1) is 5.82 Å². The fraction of sp³-hybridized carbons (Fsp3) is 0.632. The molecule has 6 heteroatoms. The quantitative estimate of drug-likeness (QED) is 0.713. The molecule has 1 heterocycles. The van der Waals surface area contributed by atoms with Gasteiger partial charge in [-0.25, -0.2) is 4.39 Å². The van der Waals surface area contributed by atoms with Crippen molar-refractivity contribution >= 4 is 17.3 Å². The van der Waals surface area contributed by atoms with Crippen molar-refractivity contribution in [1.82, 2.24) is 15.1 Å². The van der Waals surface area contributed by atoms with E-state index in [4.69, 9.17) is 17.0 Å². The lowest BCUT2D eigenvalue weighted by molar-refractivity contribution is 0.0367. The van der Waals surface area contributed by atoms with Crippen molar-refractivity contribution in [2.75, 3.05) is 39.4 Å². The lowest BCUT2D eigenvalue weighted by atomic mass is 10.2. The molecule has 1 saturated heterocycles. The number of morpholine rings is 1. The summed E-state index contributed by atoms with van der Waals surface area (Å²) in [7, 11) is 0. The monoisotopic (exact) mass is 367 g/mol. The van der Waals surface area contributed by atoms with Gasteiger partial charge >= 0.3 is 0 Å². The smallest absolute Gasteiger partial charge is 0.169 e. The van der Waals surface area contributed by atoms with E-state index in [1.165, 1.54) is 6.07 Å². The third-order valence-electron chi connectivity index (χ3n) is 4.54. The Hall–Kier alpha value is -1.24. The van der Waals surface area contributed by atoms with Gasteiger partial charge in [-0.05, 0) is 49.7 Å². The highest BCUT2D eigenvalue weighted by molar-refractivity contribution is 7.80. The van der Waals surface area contributed by atoms with Gasteiger partial charge in [0, 0.05) is 38.8 Å². The SMILES string of the molecule is CC[C@@H](C)NC(=S)N(CCCN1CCOCC1)Cc1cccc(F)c1. The fourth-order valence-electron chi connectivity index (χ4n) is 2.82. The molecule has 4 nitrogen and oxygen atoms in total. The summed E-state index contributed by atoms with van der Waals surface area (Å²) in [6, 6.07) is 7.09. The Morgan fingerprint density at radius 1 is 1.40 bits per heavy atom. The molecule has 0 unspecified atom stereocenters. The number of halogens is 1. The average Bonchev–Trinajstić information content (AvgIpc) is 2.61. The Balaban J connectivity index is 1.91. The molecule has 0 amide bonds. The van der Waals surface area contributed by atoms with Gasteiger partial charge in [0.15, 0.2) is 5.11 Å². The topological polar surface area (TPSA) is 27.7 Å². The first-order chi connectivity index (χ1) is 12.1. The zero-order chi connectivity index (χ0) is 18.1. The van der Waals surface area contributed by atoms with Crippen LogP contribution in [0.5, 0.6) is 0 Å². The summed E-state index contributed by atoms with van der Waals surface area (Å²) >= 11 is 5.61. The van der Waals surface area contributed by atoms with Crippen molar-refractivity contribution < 1.29 is 9.13 Å². The van der Waals surface area contributed by atoms with E-state index >= 15 is 0 Å². The van der Waals surface area contributed by atoms with Crippen molar-refractivity contribution in [2.45, 2.75) is 39.3 Å². The van der Waals surface area contributed by atoms with E-state index in [-0.39, 0.29) is 5.82 Å². The molecule has 1 fully saturated rings. The summed E-state index contributed by atoms with van der Waals surface area (Å²) in [6.07, 6.45) is 2.04. The first kappa shape index (κ1) is 20.1. The first-order valence-electron chi connectivity index (χ1n) is 9.18. The summed E-state index contributed by atoms with van der Waals surface area (Å²) in [5, 5.41) is 4.13. The maximum absolute atomic E-state index is 13.5. The van der Waals surface area contributed by atoms with Crippen molar-refractivity contribution in [3.05, 3.63) is 35.6 Å². The highest BCUT2D eigenvalue weighted by Crippen LogP contribution is 2.10. The van der Waals surface area contributed by atoms with Crippen molar-refractivity contribution in [3.63, 3.8) is 0 Å². The lowest BCUT2D eigenvalue weighted by Gasteiger charge is -2.30. The second-order valence-corrected chi connectivity index (χ2v) is 7.00. The molecule has 0 aromatic heterocycles. The molecule has 1 aliphatic heterocycles. The normalized spacial score (nSPS) is 16.4. The zero-order valence-corrected chi connectivity index (χ0v) is 16.2. The van der Waals surface area contributed by atoms with E-state index in [1.54, 1.807) is 12.1 Å². The van der Waals surface area contributed by atoms with Crippen molar-refractivity contribution in [1.29, 1.82) is 0 Å². The number of hydrogen-bond donors (Lipinski definition) is 1. The van der Waals surface area contributed by atoms with Crippen LogP contribution in [-0.4, -0.2) is 60.3 Å². The highest BCUT2D eigenvalue weighted by Gasteiger charge is 2.14. The Kier molecular flexibility index (Phi) is 8.58. The second-order valence-electron chi connectivity index (χ2n) is 6.62. The summed E-state index contributed by atoms with van der Waals surface area (Å²) in [6.45, 7) is 10.4. The molecule has 0 bridgehead atoms. The number of thiocarbonyl (C=S) groups is 1. The Morgan fingerprint density at radius 2 is 2.16 bits per heavy atom. The minimum absolute atomic E-state index is 0.202. The van der Waals surface area contributed by atoms with Crippen molar-refractivity contribution in [3.8, 4) is 0 Å². The molecule has 1 atom stereocenters. The molecule has 25 heavy (non-hydrogen) atoms. The van der Waals surface area contributed by atoms with Gasteiger partial charge in [-0.3, -0.25) is 4.90 Å². The maximum Gasteiger partial charge on any atom is 0.169 e. The van der Waals surface area contributed by atoms with Crippen LogP contribution in [0.2, 0.25) is 0 Å². The number of nitrogens with one attached hydrogen (secondary N) is 1. The molecule has 1 aromatic carbocycles. The molecule has 0 spiro atoms. The molecular weight excluding hydrogens is 337 g/mol. The van der Waals surface area contributed by atoms with E-state index in [0.717, 1.165) is 62.9 Å². The van der Waals surface area contributed by atoms with E-state index < -0.39 is 0 Å². The van der Waals surface area contributed by atoms with Crippen LogP contribution >= 0.6 is 12.2 Å². The molecule has 2 rings (SSSR count). The molecule has 0 radical (unpaired) electrons. The predicted molar refractivity (Wildman–Crippen MR) is 104 cm³/mol. The van der Waals surface area contributed by atoms with Crippen LogP contribution in [0.4, 0.5) is 4.39 Å². The van der Waals surface area contributed by atoms with Gasteiger partial charge in [-0.15, -0.1) is 0 Å². The van der Waals surface area contributed by atoms with Crippen LogP contribution < -0.4 is 5.32 Å². The van der Waals surface area contributed by atoms with Gasteiger partial charge in [0.1, 0.15) is 5.82 Å². The molecule has 140 valence electrons. The number of nitrogens with zero attached hydrogens (tertiary/aromatic N) is 2. The minimum atomic E-state index is -0.202. The fourth-order valence-corrected chi connectivity index (χ4v) is 3.18. The zero-order valence-electron chi connectivity index (χ0n) is 15.3. The van der Waals surface area contributed by atoms with Gasteiger partial charge in [0.2, 0.25) is 0 Å². The summed E-state index contributed by atoms with van der Waals surface area (Å²) < 4.78 is 18.9. The molecule has 1 aromatic rings. The largest absolute Gasteiger partial charge is 0.379 e. The molecule has 0 saturated carbocycles. The Labute approximate surface area is 156 Å². The summed E-state index contributed by atoms with van der Waals surface area (Å²) in [4.78, 5) is 4.58. The Bertz CT molecular complexity index is 537. The number of benzene rings is 1. The Morgan fingerprint density at radius 3 is 2.84 bits per heavy atom. The van der Waals surface area contributed by atoms with Gasteiger partial charge in [-0.2, -0.15) is 0 Å². The van der Waals surface area contributed by atoms with Gasteiger partial charge in [-0.1, -0.05) is 19.1 Å². The predicted octanol–water partition coefficient (Wildman–Crippen LogP) is 3.02. The highest BCUT2D eigenvalue weighted by atomic mass is 32.1. The van der Waals surface area contributed by atoms with E-state index in [1.807, 2.05) is 6.07 Å². The third-order valence-corrected chi connectivity index (χ3v) is 4.91.